The molecule has 4 amide bonds. The van der Waals surface area contributed by atoms with Crippen LogP contribution in [-0.4, -0.2) is 44.5 Å². The molecule has 9 heteroatoms. The number of urea groups is 1. The van der Waals surface area contributed by atoms with Gasteiger partial charge >= 0.3 is 12.2 Å². The highest BCUT2D eigenvalue weighted by Gasteiger charge is 2.55. The second kappa shape index (κ2) is 9.76. The number of hydrogen-bond donors (Lipinski definition) is 0. The number of benzene rings is 2. The van der Waals surface area contributed by atoms with Crippen molar-refractivity contribution in [1.29, 1.82) is 0 Å². The van der Waals surface area contributed by atoms with E-state index in [9.17, 15) is 32.3 Å². The fourth-order valence-corrected chi connectivity index (χ4v) is 4.54. The number of amides is 4. The topological polar surface area (TPSA) is 74.8 Å². The third kappa shape index (κ3) is 5.76. The molecule has 1 fully saturated rings. The molecule has 0 spiro atoms. The number of halogens is 3. The van der Waals surface area contributed by atoms with Gasteiger partial charge < -0.3 is 0 Å². The predicted octanol–water partition coefficient (Wildman–Crippen LogP) is 6.07. The number of carbonyl (C=O) groups excluding carboxylic acids is 4. The normalized spacial score (nSPS) is 16.8. The molecule has 0 unspecified atom stereocenters. The lowest BCUT2D eigenvalue weighted by molar-refractivity contribution is -0.156. The van der Waals surface area contributed by atoms with Crippen LogP contribution in [0.4, 0.5) is 18.0 Å². The van der Waals surface area contributed by atoms with Crippen molar-refractivity contribution in [3.63, 3.8) is 0 Å². The molecule has 1 aliphatic rings. The van der Waals surface area contributed by atoms with E-state index >= 15 is 0 Å². The van der Waals surface area contributed by atoms with Crippen LogP contribution in [0.1, 0.15) is 75.4 Å². The number of ketones is 1. The zero-order valence-electron chi connectivity index (χ0n) is 21.7. The Morgan fingerprint density at radius 1 is 0.784 bits per heavy atom. The maximum absolute atomic E-state index is 13.8. The molecule has 2 aromatic carbocycles. The lowest BCUT2D eigenvalue weighted by Crippen LogP contribution is -2.68. The van der Waals surface area contributed by atoms with E-state index in [0.717, 1.165) is 21.9 Å². The lowest BCUT2D eigenvalue weighted by Gasteiger charge is -2.48. The van der Waals surface area contributed by atoms with Gasteiger partial charge in [-0.1, -0.05) is 42.5 Å². The number of hydrogen-bond acceptors (Lipinski definition) is 4. The summed E-state index contributed by atoms with van der Waals surface area (Å²) in [5.41, 5.74) is -2.32. The third-order valence-corrected chi connectivity index (χ3v) is 6.27. The first kappa shape index (κ1) is 28.1. The Balaban J connectivity index is 2.18. The molecule has 1 heterocycles. The van der Waals surface area contributed by atoms with E-state index in [1.165, 1.54) is 12.1 Å². The summed E-state index contributed by atoms with van der Waals surface area (Å²) in [6, 6.07) is 11.6. The number of nitrogens with zero attached hydrogens (tertiary/aromatic N) is 2. The largest absolute Gasteiger partial charge is 0.416 e. The average Bonchev–Trinajstić information content (AvgIpc) is 2.76. The lowest BCUT2D eigenvalue weighted by atomic mass is 9.77. The molecule has 0 N–H and O–H groups in total. The van der Waals surface area contributed by atoms with Crippen LogP contribution in [0.25, 0.3) is 0 Å². The number of alkyl halides is 3. The van der Waals surface area contributed by atoms with Gasteiger partial charge in [0, 0.05) is 29.0 Å². The van der Waals surface area contributed by atoms with Crippen molar-refractivity contribution in [3.8, 4) is 0 Å². The summed E-state index contributed by atoms with van der Waals surface area (Å²) in [5.74, 6) is -4.53. The highest BCUT2D eigenvalue weighted by atomic mass is 19.4. The van der Waals surface area contributed by atoms with Crippen LogP contribution in [0.3, 0.4) is 0 Å². The third-order valence-electron chi connectivity index (χ3n) is 6.27. The zero-order chi connectivity index (χ0) is 27.9. The summed E-state index contributed by atoms with van der Waals surface area (Å²) < 4.78 is 39.7. The van der Waals surface area contributed by atoms with Gasteiger partial charge in [-0.25, -0.2) is 4.79 Å². The minimum atomic E-state index is -4.58. The van der Waals surface area contributed by atoms with Crippen molar-refractivity contribution in [2.75, 3.05) is 0 Å². The maximum atomic E-state index is 13.8. The van der Waals surface area contributed by atoms with Crippen LogP contribution in [0.15, 0.2) is 54.6 Å². The summed E-state index contributed by atoms with van der Waals surface area (Å²) >= 11 is 0. The van der Waals surface area contributed by atoms with Crippen molar-refractivity contribution in [3.05, 3.63) is 71.3 Å². The minimum Gasteiger partial charge on any atom is -0.294 e. The molecule has 0 bridgehead atoms. The maximum Gasteiger partial charge on any atom is 0.416 e. The first-order valence-corrected chi connectivity index (χ1v) is 11.9. The standard InChI is InChI=1S/C28H31F3N2O4/c1-26(2,3)32-23(35)22(24(36)33(25(32)37)27(4,5)6)20(16-21(34)18-10-8-7-9-11-18)17-12-14-19(15-13-17)28(29,30)31/h7-15,20,22H,16H2,1-6H3/t20-/m1/s1. The number of barbiturate groups is 1. The smallest absolute Gasteiger partial charge is 0.294 e. The number of carbonyl (C=O) groups is 4. The van der Waals surface area contributed by atoms with Crippen LogP contribution >= 0.6 is 0 Å². The summed E-state index contributed by atoms with van der Waals surface area (Å²) in [4.78, 5) is 56.2. The molecule has 0 radical (unpaired) electrons. The van der Waals surface area contributed by atoms with Gasteiger partial charge in [0.15, 0.2) is 5.78 Å². The Morgan fingerprint density at radius 2 is 1.24 bits per heavy atom. The molecule has 0 aliphatic carbocycles. The molecule has 1 atom stereocenters. The fourth-order valence-electron chi connectivity index (χ4n) is 4.54. The van der Waals surface area contributed by atoms with E-state index in [4.69, 9.17) is 0 Å². The summed E-state index contributed by atoms with van der Waals surface area (Å²) in [5, 5.41) is 0. The summed E-state index contributed by atoms with van der Waals surface area (Å²) in [6.45, 7) is 9.91. The number of imide groups is 2. The van der Waals surface area contributed by atoms with Gasteiger partial charge in [0.05, 0.1) is 5.56 Å². The fraction of sp³-hybridized carbons (Fsp3) is 0.429. The molecule has 198 valence electrons. The van der Waals surface area contributed by atoms with Gasteiger partial charge in [0.1, 0.15) is 5.92 Å². The van der Waals surface area contributed by atoms with Gasteiger partial charge in [-0.2, -0.15) is 13.2 Å². The number of Topliss-reactive ketones (excluding diaryl/α,β-unsaturated/α-hetero) is 1. The van der Waals surface area contributed by atoms with E-state index in [2.05, 4.69) is 0 Å². The average molecular weight is 517 g/mol. The Bertz CT molecular complexity index is 1160. The predicted molar refractivity (Wildman–Crippen MR) is 132 cm³/mol. The van der Waals surface area contributed by atoms with Crippen LogP contribution < -0.4 is 0 Å². The van der Waals surface area contributed by atoms with Crippen molar-refractivity contribution >= 4 is 23.6 Å². The molecular weight excluding hydrogens is 485 g/mol. The highest BCUT2D eigenvalue weighted by Crippen LogP contribution is 2.40. The van der Waals surface area contributed by atoms with Crippen molar-refractivity contribution in [2.24, 2.45) is 5.92 Å². The van der Waals surface area contributed by atoms with Crippen LogP contribution in [0.5, 0.6) is 0 Å². The molecule has 1 aliphatic heterocycles. The van der Waals surface area contributed by atoms with Gasteiger partial charge in [0.2, 0.25) is 11.8 Å². The van der Waals surface area contributed by atoms with E-state index in [1.807, 2.05) is 0 Å². The van der Waals surface area contributed by atoms with E-state index in [0.29, 0.717) is 5.56 Å². The second-order valence-corrected chi connectivity index (χ2v) is 11.2. The summed E-state index contributed by atoms with van der Waals surface area (Å²) in [6.07, 6.45) is -4.90. The van der Waals surface area contributed by atoms with Crippen LogP contribution in [0, 0.1) is 5.92 Å². The van der Waals surface area contributed by atoms with Crippen molar-refractivity contribution < 1.29 is 32.3 Å². The molecule has 3 rings (SSSR count). The first-order chi connectivity index (χ1) is 16.9. The molecule has 0 aromatic heterocycles. The van der Waals surface area contributed by atoms with Gasteiger partial charge in [0.25, 0.3) is 0 Å². The SMILES string of the molecule is CC(C)(C)N1C(=O)C([C@H](CC(=O)c2ccccc2)c2ccc(C(F)(F)F)cc2)C(=O)N(C(C)(C)C)C1=O. The molecule has 0 saturated carbocycles. The van der Waals surface area contributed by atoms with Gasteiger partial charge in [-0.3, -0.25) is 24.2 Å². The Kier molecular flexibility index (Phi) is 7.41. The Hall–Kier alpha value is -3.49. The monoisotopic (exact) mass is 516 g/mol. The van der Waals surface area contributed by atoms with Crippen molar-refractivity contribution in [1.82, 2.24) is 9.80 Å². The molecule has 6 nitrogen and oxygen atoms in total. The van der Waals surface area contributed by atoms with E-state index < -0.39 is 52.5 Å². The minimum absolute atomic E-state index is 0.223. The van der Waals surface area contributed by atoms with Crippen molar-refractivity contribution in [2.45, 2.75) is 71.1 Å². The van der Waals surface area contributed by atoms with E-state index in [1.54, 1.807) is 71.9 Å². The first-order valence-electron chi connectivity index (χ1n) is 11.9. The zero-order valence-corrected chi connectivity index (χ0v) is 21.7. The van der Waals surface area contributed by atoms with E-state index in [-0.39, 0.29) is 17.8 Å². The molecule has 2 aromatic rings. The molecule has 1 saturated heterocycles. The molecular formula is C28H31F3N2O4. The Morgan fingerprint density at radius 3 is 1.65 bits per heavy atom. The van der Waals surface area contributed by atoms with Crippen LogP contribution in [0.2, 0.25) is 0 Å². The van der Waals surface area contributed by atoms with Crippen LogP contribution in [-0.2, 0) is 15.8 Å². The number of rotatable bonds is 5. The summed E-state index contributed by atoms with van der Waals surface area (Å²) in [7, 11) is 0. The van der Waals surface area contributed by atoms with Gasteiger partial charge in [-0.05, 0) is 59.2 Å². The second-order valence-electron chi connectivity index (χ2n) is 11.2. The Labute approximate surface area is 214 Å². The quantitative estimate of drug-likeness (QED) is 0.357. The molecule has 37 heavy (non-hydrogen) atoms. The van der Waals surface area contributed by atoms with Gasteiger partial charge in [-0.15, -0.1) is 0 Å². The highest BCUT2D eigenvalue weighted by molar-refractivity contribution is 6.17.